The summed E-state index contributed by atoms with van der Waals surface area (Å²) >= 11 is 1.76. The second-order valence-electron chi connectivity index (χ2n) is 5.70. The van der Waals surface area contributed by atoms with Crippen molar-refractivity contribution in [2.24, 2.45) is 7.05 Å². The molecule has 5 nitrogen and oxygen atoms in total. The topological polar surface area (TPSA) is 52.0 Å². The van der Waals surface area contributed by atoms with Gasteiger partial charge in [0.15, 0.2) is 0 Å². The first-order valence-corrected chi connectivity index (χ1v) is 8.10. The molecule has 6 heteroatoms. The highest BCUT2D eigenvalue weighted by atomic mass is 32.1. The standard InChI is InChI=1S/C15H22N4OS/c1-8-10(3)21-14(16-8)13(17-11-6-7-11)12-9(2)18-19(4)15(12)20-5/h11,13,17H,6-7H2,1-5H3. The zero-order valence-corrected chi connectivity index (χ0v) is 14.0. The van der Waals surface area contributed by atoms with Crippen LogP contribution in [0.1, 0.15) is 45.7 Å². The number of hydrogen-bond acceptors (Lipinski definition) is 5. The number of thiazole rings is 1. The summed E-state index contributed by atoms with van der Waals surface area (Å²) in [7, 11) is 3.62. The molecule has 2 aromatic heterocycles. The molecule has 1 saturated carbocycles. The molecule has 0 saturated heterocycles. The van der Waals surface area contributed by atoms with Gasteiger partial charge in [0.25, 0.3) is 0 Å². The van der Waals surface area contributed by atoms with Gasteiger partial charge in [0.1, 0.15) is 5.01 Å². The number of methoxy groups -OCH3 is 1. The van der Waals surface area contributed by atoms with Crippen LogP contribution in [0.4, 0.5) is 0 Å². The summed E-state index contributed by atoms with van der Waals surface area (Å²) in [6.07, 6.45) is 2.48. The second kappa shape index (κ2) is 5.42. The predicted molar refractivity (Wildman–Crippen MR) is 84.1 cm³/mol. The molecule has 3 rings (SSSR count). The largest absolute Gasteiger partial charge is 0.481 e. The van der Waals surface area contributed by atoms with Crippen molar-refractivity contribution in [3.05, 3.63) is 26.8 Å². The van der Waals surface area contributed by atoms with Gasteiger partial charge >= 0.3 is 0 Å². The molecule has 0 amide bonds. The van der Waals surface area contributed by atoms with Gasteiger partial charge in [0.05, 0.1) is 30.1 Å². The SMILES string of the molecule is COc1c(C(NC2CC2)c2nc(C)c(C)s2)c(C)nn1C. The molecule has 0 aromatic carbocycles. The van der Waals surface area contributed by atoms with Crippen LogP contribution in [0.5, 0.6) is 5.88 Å². The maximum Gasteiger partial charge on any atom is 0.216 e. The third-order valence-electron chi connectivity index (χ3n) is 3.97. The van der Waals surface area contributed by atoms with E-state index < -0.39 is 0 Å². The molecule has 1 unspecified atom stereocenters. The molecule has 0 radical (unpaired) electrons. The Morgan fingerprint density at radius 1 is 1.29 bits per heavy atom. The van der Waals surface area contributed by atoms with Gasteiger partial charge in [-0.15, -0.1) is 11.3 Å². The molecule has 1 aliphatic rings. The average Bonchev–Trinajstić information content (AvgIpc) is 3.12. The van der Waals surface area contributed by atoms with E-state index in [-0.39, 0.29) is 6.04 Å². The number of nitrogens with zero attached hydrogens (tertiary/aromatic N) is 3. The highest BCUT2D eigenvalue weighted by molar-refractivity contribution is 7.11. The monoisotopic (exact) mass is 306 g/mol. The van der Waals surface area contributed by atoms with Crippen LogP contribution < -0.4 is 10.1 Å². The lowest BCUT2D eigenvalue weighted by Crippen LogP contribution is -2.25. The van der Waals surface area contributed by atoms with Crippen LogP contribution in [0.3, 0.4) is 0 Å². The van der Waals surface area contributed by atoms with E-state index in [1.807, 2.05) is 14.0 Å². The quantitative estimate of drug-likeness (QED) is 0.922. The third kappa shape index (κ3) is 2.70. The van der Waals surface area contributed by atoms with E-state index in [2.05, 4.69) is 24.3 Å². The van der Waals surface area contributed by atoms with Gasteiger partial charge < -0.3 is 10.1 Å². The summed E-state index contributed by atoms with van der Waals surface area (Å²) in [5.74, 6) is 0.816. The van der Waals surface area contributed by atoms with Gasteiger partial charge in [0.2, 0.25) is 5.88 Å². The van der Waals surface area contributed by atoms with Crippen LogP contribution >= 0.6 is 11.3 Å². The Labute approximate surface area is 129 Å². The first-order valence-electron chi connectivity index (χ1n) is 7.28. The van der Waals surface area contributed by atoms with Crippen LogP contribution in [0, 0.1) is 20.8 Å². The van der Waals surface area contributed by atoms with Crippen LogP contribution in [-0.4, -0.2) is 27.9 Å². The Hall–Kier alpha value is -1.40. The van der Waals surface area contributed by atoms with Gasteiger partial charge in [-0.25, -0.2) is 9.67 Å². The van der Waals surface area contributed by atoms with Crippen molar-refractivity contribution in [1.82, 2.24) is 20.1 Å². The number of ether oxygens (including phenoxy) is 1. The van der Waals surface area contributed by atoms with Gasteiger partial charge in [-0.1, -0.05) is 0 Å². The van der Waals surface area contributed by atoms with Crippen LogP contribution in [0.25, 0.3) is 0 Å². The van der Waals surface area contributed by atoms with Crippen molar-refractivity contribution in [1.29, 1.82) is 0 Å². The molecular formula is C15H22N4OS. The molecule has 0 spiro atoms. The molecule has 1 fully saturated rings. The number of aryl methyl sites for hydroxylation is 4. The Bertz CT molecular complexity index is 637. The van der Waals surface area contributed by atoms with Crippen molar-refractivity contribution < 1.29 is 4.74 Å². The molecule has 1 N–H and O–H groups in total. The first-order chi connectivity index (χ1) is 10.0. The summed E-state index contributed by atoms with van der Waals surface area (Å²) < 4.78 is 7.38. The van der Waals surface area contributed by atoms with Crippen LogP contribution in [0.2, 0.25) is 0 Å². The Kier molecular flexibility index (Phi) is 3.75. The zero-order chi connectivity index (χ0) is 15.1. The number of rotatable bonds is 5. The maximum absolute atomic E-state index is 5.58. The van der Waals surface area contributed by atoms with E-state index in [1.165, 1.54) is 17.7 Å². The van der Waals surface area contributed by atoms with Gasteiger partial charge in [-0.05, 0) is 33.6 Å². The van der Waals surface area contributed by atoms with Crippen molar-refractivity contribution in [3.8, 4) is 5.88 Å². The van der Waals surface area contributed by atoms with Crippen molar-refractivity contribution in [2.45, 2.75) is 45.7 Å². The lowest BCUT2D eigenvalue weighted by molar-refractivity contribution is 0.365. The van der Waals surface area contributed by atoms with E-state index in [4.69, 9.17) is 9.72 Å². The fraction of sp³-hybridized carbons (Fsp3) is 0.600. The summed E-state index contributed by atoms with van der Waals surface area (Å²) in [5.41, 5.74) is 3.22. The Morgan fingerprint density at radius 2 is 2.00 bits per heavy atom. The number of hydrogen-bond donors (Lipinski definition) is 1. The van der Waals surface area contributed by atoms with Crippen molar-refractivity contribution in [3.63, 3.8) is 0 Å². The van der Waals surface area contributed by atoms with Gasteiger partial charge in [-0.3, -0.25) is 0 Å². The minimum atomic E-state index is 0.0681. The Morgan fingerprint density at radius 3 is 2.52 bits per heavy atom. The smallest absolute Gasteiger partial charge is 0.216 e. The molecule has 1 atom stereocenters. The van der Waals surface area contributed by atoms with E-state index in [0.717, 1.165) is 27.8 Å². The molecular weight excluding hydrogens is 284 g/mol. The van der Waals surface area contributed by atoms with Crippen LogP contribution in [-0.2, 0) is 7.05 Å². The molecule has 2 aromatic rings. The molecule has 2 heterocycles. The van der Waals surface area contributed by atoms with Crippen molar-refractivity contribution >= 4 is 11.3 Å². The van der Waals surface area contributed by atoms with E-state index in [0.29, 0.717) is 6.04 Å². The van der Waals surface area contributed by atoms with E-state index >= 15 is 0 Å². The lowest BCUT2D eigenvalue weighted by Gasteiger charge is -2.17. The van der Waals surface area contributed by atoms with Gasteiger partial charge in [0, 0.05) is 18.0 Å². The summed E-state index contributed by atoms with van der Waals surface area (Å²) in [6.45, 7) is 6.22. The minimum Gasteiger partial charge on any atom is -0.481 e. The maximum atomic E-state index is 5.58. The van der Waals surface area contributed by atoms with E-state index in [9.17, 15) is 0 Å². The fourth-order valence-corrected chi connectivity index (χ4v) is 3.61. The van der Waals surface area contributed by atoms with Crippen molar-refractivity contribution in [2.75, 3.05) is 7.11 Å². The normalized spacial score (nSPS) is 16.2. The summed E-state index contributed by atoms with van der Waals surface area (Å²) in [6, 6.07) is 0.655. The molecule has 0 bridgehead atoms. The summed E-state index contributed by atoms with van der Waals surface area (Å²) in [4.78, 5) is 6.03. The zero-order valence-electron chi connectivity index (χ0n) is 13.2. The third-order valence-corrected chi connectivity index (χ3v) is 5.11. The number of aromatic nitrogens is 3. The molecule has 0 aliphatic heterocycles. The molecule has 21 heavy (non-hydrogen) atoms. The Balaban J connectivity index is 2.06. The average molecular weight is 306 g/mol. The highest BCUT2D eigenvalue weighted by Gasteiger charge is 2.32. The van der Waals surface area contributed by atoms with Crippen LogP contribution in [0.15, 0.2) is 0 Å². The molecule has 114 valence electrons. The molecule has 1 aliphatic carbocycles. The predicted octanol–water partition coefficient (Wildman–Crippen LogP) is 2.65. The number of nitrogens with one attached hydrogen (secondary N) is 1. The fourth-order valence-electron chi connectivity index (χ4n) is 2.61. The summed E-state index contributed by atoms with van der Waals surface area (Å²) in [5, 5.41) is 9.32. The first kappa shape index (κ1) is 14.5. The second-order valence-corrected chi connectivity index (χ2v) is 6.93. The van der Waals surface area contributed by atoms with Gasteiger partial charge in [-0.2, -0.15) is 5.10 Å². The highest BCUT2D eigenvalue weighted by Crippen LogP contribution is 2.37. The lowest BCUT2D eigenvalue weighted by atomic mass is 10.1. The van der Waals surface area contributed by atoms with E-state index in [1.54, 1.807) is 23.1 Å². The minimum absolute atomic E-state index is 0.0681.